The second-order valence-corrected chi connectivity index (χ2v) is 7.09. The van der Waals surface area contributed by atoms with Gasteiger partial charge in [-0.05, 0) is 51.7 Å². The topological polar surface area (TPSA) is 54.5 Å². The molecule has 1 aromatic heterocycles. The minimum Gasteiger partial charge on any atom is -0.444 e. The van der Waals surface area contributed by atoms with E-state index in [1.165, 1.54) is 5.56 Å². The highest BCUT2D eigenvalue weighted by Crippen LogP contribution is 2.16. The van der Waals surface area contributed by atoms with Gasteiger partial charge in [-0.1, -0.05) is 13.0 Å². The molecule has 0 saturated carbocycles. The first-order valence-corrected chi connectivity index (χ1v) is 8.53. The molecular weight excluding hydrogens is 290 g/mol. The third kappa shape index (κ3) is 5.50. The van der Waals surface area contributed by atoms with E-state index < -0.39 is 5.60 Å². The molecule has 0 bridgehead atoms. The molecule has 23 heavy (non-hydrogen) atoms. The van der Waals surface area contributed by atoms with Crippen molar-refractivity contribution in [1.82, 2.24) is 15.2 Å². The molecule has 0 aromatic carbocycles. The van der Waals surface area contributed by atoms with Gasteiger partial charge in [0.1, 0.15) is 5.60 Å². The monoisotopic (exact) mass is 319 g/mol. The molecule has 2 rings (SSSR count). The summed E-state index contributed by atoms with van der Waals surface area (Å²) in [6.45, 7) is 10.1. The van der Waals surface area contributed by atoms with Gasteiger partial charge in [-0.25, -0.2) is 4.79 Å². The van der Waals surface area contributed by atoms with Crippen molar-refractivity contribution in [3.8, 4) is 0 Å². The fourth-order valence-electron chi connectivity index (χ4n) is 2.79. The molecule has 1 amide bonds. The van der Waals surface area contributed by atoms with Crippen LogP contribution >= 0.6 is 0 Å². The lowest BCUT2D eigenvalue weighted by atomic mass is 10.0. The first kappa shape index (κ1) is 17.7. The number of rotatable bonds is 4. The highest BCUT2D eigenvalue weighted by Gasteiger charge is 2.26. The van der Waals surface area contributed by atoms with E-state index in [9.17, 15) is 4.79 Å². The predicted molar refractivity (Wildman–Crippen MR) is 91.3 cm³/mol. The number of pyridine rings is 1. The summed E-state index contributed by atoms with van der Waals surface area (Å²) in [4.78, 5) is 18.3. The van der Waals surface area contributed by atoms with Crippen LogP contribution in [0.1, 0.15) is 51.8 Å². The van der Waals surface area contributed by atoms with Gasteiger partial charge in [0.15, 0.2) is 0 Å². The highest BCUT2D eigenvalue weighted by atomic mass is 16.6. The quantitative estimate of drug-likeness (QED) is 0.926. The molecule has 1 aliphatic heterocycles. The van der Waals surface area contributed by atoms with Gasteiger partial charge in [-0.15, -0.1) is 0 Å². The summed E-state index contributed by atoms with van der Waals surface area (Å²) < 4.78 is 5.43. The Bertz CT molecular complexity index is 517. The summed E-state index contributed by atoms with van der Waals surface area (Å²) in [5.41, 5.74) is 2.00. The zero-order valence-corrected chi connectivity index (χ0v) is 14.8. The number of aryl methyl sites for hydroxylation is 1. The summed E-state index contributed by atoms with van der Waals surface area (Å²) in [6.07, 6.45) is 4.55. The van der Waals surface area contributed by atoms with Crippen molar-refractivity contribution < 1.29 is 9.53 Å². The molecule has 0 unspecified atom stereocenters. The summed E-state index contributed by atoms with van der Waals surface area (Å²) in [5.74, 6) is 0. The number of hydrogen-bond acceptors (Lipinski definition) is 4. The molecule has 0 aliphatic carbocycles. The number of nitrogens with zero attached hydrogens (tertiary/aromatic N) is 2. The van der Waals surface area contributed by atoms with E-state index >= 15 is 0 Å². The number of carbonyl (C=O) groups excluding carboxylic acids is 1. The van der Waals surface area contributed by atoms with Crippen LogP contribution in [0.5, 0.6) is 0 Å². The minimum absolute atomic E-state index is 0.200. The van der Waals surface area contributed by atoms with Gasteiger partial charge in [0, 0.05) is 31.9 Å². The number of piperidine rings is 1. The molecule has 0 atom stereocenters. The normalized spacial score (nSPS) is 16.4. The van der Waals surface area contributed by atoms with Crippen molar-refractivity contribution in [1.29, 1.82) is 0 Å². The van der Waals surface area contributed by atoms with Gasteiger partial charge in [0.2, 0.25) is 0 Å². The Hall–Kier alpha value is -1.62. The second-order valence-electron chi connectivity index (χ2n) is 7.09. The fraction of sp³-hybridized carbons (Fsp3) is 0.667. The third-order valence-corrected chi connectivity index (χ3v) is 4.07. The zero-order valence-electron chi connectivity index (χ0n) is 14.8. The maximum atomic E-state index is 12.1. The molecule has 5 heteroatoms. The van der Waals surface area contributed by atoms with Crippen molar-refractivity contribution in [3.63, 3.8) is 0 Å². The zero-order chi connectivity index (χ0) is 16.9. The van der Waals surface area contributed by atoms with E-state index in [0.717, 1.165) is 44.6 Å². The lowest BCUT2D eigenvalue weighted by molar-refractivity contribution is 0.0198. The molecule has 5 nitrogen and oxygen atoms in total. The van der Waals surface area contributed by atoms with Crippen LogP contribution < -0.4 is 5.32 Å². The van der Waals surface area contributed by atoms with Crippen molar-refractivity contribution in [2.45, 2.75) is 65.1 Å². The summed E-state index contributed by atoms with van der Waals surface area (Å²) in [5, 5.41) is 3.58. The number of aromatic nitrogens is 1. The van der Waals surface area contributed by atoms with Gasteiger partial charge in [0.05, 0.1) is 5.69 Å². The molecular formula is C18H29N3O2. The van der Waals surface area contributed by atoms with Crippen LogP contribution in [0, 0.1) is 0 Å². The lowest BCUT2D eigenvalue weighted by Gasteiger charge is -2.33. The van der Waals surface area contributed by atoms with Crippen molar-refractivity contribution >= 4 is 6.09 Å². The molecule has 128 valence electrons. The van der Waals surface area contributed by atoms with Gasteiger partial charge in [-0.2, -0.15) is 0 Å². The van der Waals surface area contributed by atoms with Crippen LogP contribution in [-0.4, -0.2) is 40.7 Å². The Morgan fingerprint density at radius 2 is 2.09 bits per heavy atom. The van der Waals surface area contributed by atoms with Crippen molar-refractivity contribution in [2.24, 2.45) is 0 Å². The number of nitrogens with one attached hydrogen (secondary N) is 1. The Morgan fingerprint density at radius 1 is 1.39 bits per heavy atom. The number of hydrogen-bond donors (Lipinski definition) is 1. The fourth-order valence-corrected chi connectivity index (χ4v) is 2.79. The molecule has 0 radical (unpaired) electrons. The van der Waals surface area contributed by atoms with E-state index in [2.05, 4.69) is 23.3 Å². The first-order valence-electron chi connectivity index (χ1n) is 8.53. The maximum absolute atomic E-state index is 12.1. The summed E-state index contributed by atoms with van der Waals surface area (Å²) in [7, 11) is 0. The van der Waals surface area contributed by atoms with Crippen molar-refractivity contribution in [3.05, 3.63) is 29.6 Å². The first-order chi connectivity index (χ1) is 10.9. The second kappa shape index (κ2) is 7.77. The molecule has 0 spiro atoms. The van der Waals surface area contributed by atoms with Crippen LogP contribution in [0.2, 0.25) is 0 Å². The molecule has 1 aliphatic rings. The van der Waals surface area contributed by atoms with E-state index in [0.29, 0.717) is 6.04 Å². The van der Waals surface area contributed by atoms with Gasteiger partial charge in [-0.3, -0.25) is 4.98 Å². The summed E-state index contributed by atoms with van der Waals surface area (Å²) >= 11 is 0. The number of amides is 1. The Balaban J connectivity index is 1.78. The van der Waals surface area contributed by atoms with E-state index in [1.54, 1.807) is 0 Å². The average Bonchev–Trinajstić information content (AvgIpc) is 2.52. The molecule has 1 fully saturated rings. The van der Waals surface area contributed by atoms with Crippen molar-refractivity contribution in [2.75, 3.05) is 13.1 Å². The molecule has 2 heterocycles. The maximum Gasteiger partial charge on any atom is 0.410 e. The smallest absolute Gasteiger partial charge is 0.410 e. The minimum atomic E-state index is -0.429. The van der Waals surface area contributed by atoms with Gasteiger partial charge < -0.3 is 15.0 Å². The number of carbonyl (C=O) groups is 1. The largest absolute Gasteiger partial charge is 0.444 e. The molecule has 1 aromatic rings. The van der Waals surface area contributed by atoms with Crippen LogP contribution in [0.4, 0.5) is 4.79 Å². The number of ether oxygens (including phenoxy) is 1. The third-order valence-electron chi connectivity index (χ3n) is 4.07. The summed E-state index contributed by atoms with van der Waals surface area (Å²) in [6, 6.07) is 4.55. The van der Waals surface area contributed by atoms with Crippen LogP contribution in [0.15, 0.2) is 18.3 Å². The lowest BCUT2D eigenvalue weighted by Crippen LogP contribution is -2.46. The standard InChI is InChI=1S/C18H29N3O2/c1-5-14-7-6-10-19-16(14)13-20-15-8-11-21(12-9-15)17(22)23-18(2,3)4/h6-7,10,15,20H,5,8-9,11-13H2,1-4H3. The van der Waals surface area contributed by atoms with E-state index in [1.807, 2.05) is 37.9 Å². The average molecular weight is 319 g/mol. The molecule has 1 saturated heterocycles. The molecule has 1 N–H and O–H groups in total. The van der Waals surface area contributed by atoms with Crippen LogP contribution in [0.3, 0.4) is 0 Å². The Morgan fingerprint density at radius 3 is 2.70 bits per heavy atom. The SMILES string of the molecule is CCc1cccnc1CNC1CCN(C(=O)OC(C)(C)C)CC1. The highest BCUT2D eigenvalue weighted by molar-refractivity contribution is 5.68. The van der Waals surface area contributed by atoms with Gasteiger partial charge >= 0.3 is 6.09 Å². The number of likely N-dealkylation sites (tertiary alicyclic amines) is 1. The Kier molecular flexibility index (Phi) is 5.99. The van der Waals surface area contributed by atoms with Crippen LogP contribution in [-0.2, 0) is 17.7 Å². The van der Waals surface area contributed by atoms with Crippen LogP contribution in [0.25, 0.3) is 0 Å². The van der Waals surface area contributed by atoms with Gasteiger partial charge in [0.25, 0.3) is 0 Å². The van der Waals surface area contributed by atoms with E-state index in [-0.39, 0.29) is 6.09 Å². The Labute approximate surface area is 139 Å². The van der Waals surface area contributed by atoms with E-state index in [4.69, 9.17) is 4.74 Å². The predicted octanol–water partition coefficient (Wildman–Crippen LogP) is 3.13.